The number of ether oxygens (including phenoxy) is 1. The molecule has 0 aliphatic rings. The lowest BCUT2D eigenvalue weighted by Gasteiger charge is -2.13. The van der Waals surface area contributed by atoms with Crippen molar-refractivity contribution >= 4 is 34.2 Å². The topological polar surface area (TPSA) is 55.6 Å². The molecule has 104 valence electrons. The highest BCUT2D eigenvalue weighted by atomic mass is 127. The Labute approximate surface area is 131 Å². The molecule has 5 heteroatoms. The van der Waals surface area contributed by atoms with Crippen LogP contribution in [0.5, 0.6) is 11.5 Å². The van der Waals surface area contributed by atoms with E-state index in [1.54, 1.807) is 32.3 Å². The van der Waals surface area contributed by atoms with Crippen molar-refractivity contribution in [1.82, 2.24) is 4.90 Å². The molecule has 4 nitrogen and oxygen atoms in total. The second-order valence-electron chi connectivity index (χ2n) is 4.51. The molecule has 0 aliphatic heterocycles. The summed E-state index contributed by atoms with van der Waals surface area (Å²) in [7, 11) is 3.41. The summed E-state index contributed by atoms with van der Waals surface area (Å²) in [6.45, 7) is 0. The second-order valence-corrected chi connectivity index (χ2v) is 5.75. The van der Waals surface area contributed by atoms with E-state index in [2.05, 4.69) is 22.6 Å². The quantitative estimate of drug-likeness (QED) is 0.654. The zero-order valence-corrected chi connectivity index (χ0v) is 13.4. The molecule has 0 aliphatic carbocycles. The Morgan fingerprint density at radius 1 is 1.15 bits per heavy atom. The van der Waals surface area contributed by atoms with E-state index in [0.29, 0.717) is 22.7 Å². The summed E-state index contributed by atoms with van der Waals surface area (Å²) in [5.41, 5.74) is 6.92. The highest BCUT2D eigenvalue weighted by Gasteiger charge is 2.11. The standard InChI is InChI=1S/C15H15IN2O2/c1-18(2)15(19)10-3-8-14(13(17)9-10)20-12-6-4-11(16)5-7-12/h3-9H,17H2,1-2H3. The highest BCUT2D eigenvalue weighted by molar-refractivity contribution is 14.1. The van der Waals surface area contributed by atoms with Crippen molar-refractivity contribution in [3.63, 3.8) is 0 Å². The van der Waals surface area contributed by atoms with Crippen LogP contribution in [0.15, 0.2) is 42.5 Å². The van der Waals surface area contributed by atoms with E-state index in [-0.39, 0.29) is 5.91 Å². The smallest absolute Gasteiger partial charge is 0.253 e. The Morgan fingerprint density at radius 3 is 2.35 bits per heavy atom. The van der Waals surface area contributed by atoms with Gasteiger partial charge in [0.2, 0.25) is 0 Å². The molecule has 2 N–H and O–H groups in total. The molecular weight excluding hydrogens is 367 g/mol. The highest BCUT2D eigenvalue weighted by Crippen LogP contribution is 2.28. The minimum Gasteiger partial charge on any atom is -0.455 e. The van der Waals surface area contributed by atoms with E-state index >= 15 is 0 Å². The van der Waals surface area contributed by atoms with Gasteiger partial charge in [-0.1, -0.05) is 0 Å². The van der Waals surface area contributed by atoms with Crippen LogP contribution in [0.1, 0.15) is 10.4 Å². The number of hydrogen-bond donors (Lipinski definition) is 1. The van der Waals surface area contributed by atoms with Gasteiger partial charge >= 0.3 is 0 Å². The molecule has 0 bridgehead atoms. The van der Waals surface area contributed by atoms with Gasteiger partial charge in [-0.3, -0.25) is 4.79 Å². The fraction of sp³-hybridized carbons (Fsp3) is 0.133. The lowest BCUT2D eigenvalue weighted by atomic mass is 10.1. The Bertz CT molecular complexity index is 624. The normalized spacial score (nSPS) is 10.2. The first-order valence-corrected chi connectivity index (χ1v) is 7.10. The largest absolute Gasteiger partial charge is 0.455 e. The number of amides is 1. The van der Waals surface area contributed by atoms with Crippen LogP contribution in [0.25, 0.3) is 0 Å². The number of hydrogen-bond acceptors (Lipinski definition) is 3. The minimum absolute atomic E-state index is 0.0856. The molecule has 1 amide bonds. The van der Waals surface area contributed by atoms with Crippen LogP contribution >= 0.6 is 22.6 Å². The van der Waals surface area contributed by atoms with Crippen LogP contribution in [-0.2, 0) is 0 Å². The van der Waals surface area contributed by atoms with Crippen LogP contribution in [-0.4, -0.2) is 24.9 Å². The van der Waals surface area contributed by atoms with Gasteiger partial charge in [0.25, 0.3) is 5.91 Å². The average molecular weight is 382 g/mol. The fourth-order valence-corrected chi connectivity index (χ4v) is 2.02. The van der Waals surface area contributed by atoms with Crippen LogP contribution in [0, 0.1) is 3.57 Å². The number of anilines is 1. The average Bonchev–Trinajstić information content (AvgIpc) is 2.42. The Balaban J connectivity index is 2.22. The summed E-state index contributed by atoms with van der Waals surface area (Å²) in [6, 6.07) is 12.7. The minimum atomic E-state index is -0.0856. The first-order valence-electron chi connectivity index (χ1n) is 6.02. The monoisotopic (exact) mass is 382 g/mol. The molecule has 2 aromatic carbocycles. The van der Waals surface area contributed by atoms with Crippen molar-refractivity contribution in [3.05, 3.63) is 51.6 Å². The van der Waals surface area contributed by atoms with E-state index in [4.69, 9.17) is 10.5 Å². The third-order valence-electron chi connectivity index (χ3n) is 2.70. The summed E-state index contributed by atoms with van der Waals surface area (Å²) in [5.74, 6) is 1.17. The molecule has 0 radical (unpaired) electrons. The number of rotatable bonds is 3. The van der Waals surface area contributed by atoms with Crippen LogP contribution < -0.4 is 10.5 Å². The van der Waals surface area contributed by atoms with Gasteiger partial charge < -0.3 is 15.4 Å². The molecule has 20 heavy (non-hydrogen) atoms. The molecule has 0 heterocycles. The van der Waals surface area contributed by atoms with Gasteiger partial charge in [0.05, 0.1) is 5.69 Å². The third-order valence-corrected chi connectivity index (χ3v) is 3.42. The van der Waals surface area contributed by atoms with E-state index in [9.17, 15) is 4.79 Å². The van der Waals surface area contributed by atoms with E-state index in [1.165, 1.54) is 4.90 Å². The zero-order chi connectivity index (χ0) is 14.7. The molecule has 0 spiro atoms. The van der Waals surface area contributed by atoms with Crippen LogP contribution in [0.3, 0.4) is 0 Å². The summed E-state index contributed by atoms with van der Waals surface area (Å²) >= 11 is 2.23. The third kappa shape index (κ3) is 3.41. The molecular formula is C15H15IN2O2. The lowest BCUT2D eigenvalue weighted by Crippen LogP contribution is -2.21. The van der Waals surface area contributed by atoms with Gasteiger partial charge in [0, 0.05) is 23.2 Å². The number of carbonyl (C=O) groups is 1. The number of nitrogen functional groups attached to an aromatic ring is 1. The predicted molar refractivity (Wildman–Crippen MR) is 88.1 cm³/mol. The summed E-state index contributed by atoms with van der Waals surface area (Å²) < 4.78 is 6.84. The predicted octanol–water partition coefficient (Wildman–Crippen LogP) is 3.37. The molecule has 2 rings (SSSR count). The van der Waals surface area contributed by atoms with Gasteiger partial charge in [0.15, 0.2) is 0 Å². The van der Waals surface area contributed by atoms with Crippen LogP contribution in [0.2, 0.25) is 0 Å². The number of halogens is 1. The maximum atomic E-state index is 11.8. The van der Waals surface area contributed by atoms with Gasteiger partial charge in [-0.2, -0.15) is 0 Å². The van der Waals surface area contributed by atoms with Gasteiger partial charge in [-0.05, 0) is 65.1 Å². The molecule has 0 aromatic heterocycles. The van der Waals surface area contributed by atoms with Gasteiger partial charge in [-0.15, -0.1) is 0 Å². The molecule has 0 saturated heterocycles. The maximum Gasteiger partial charge on any atom is 0.253 e. The molecule has 2 aromatic rings. The van der Waals surface area contributed by atoms with Crippen molar-refractivity contribution in [2.75, 3.05) is 19.8 Å². The molecule has 0 fully saturated rings. The SMILES string of the molecule is CN(C)C(=O)c1ccc(Oc2ccc(I)cc2)c(N)c1. The Kier molecular flexibility index (Phi) is 4.49. The lowest BCUT2D eigenvalue weighted by molar-refractivity contribution is 0.0827. The summed E-state index contributed by atoms with van der Waals surface area (Å²) in [6.07, 6.45) is 0. The number of nitrogens with two attached hydrogens (primary N) is 1. The van der Waals surface area contributed by atoms with Crippen molar-refractivity contribution < 1.29 is 9.53 Å². The second kappa shape index (κ2) is 6.13. The molecule has 0 saturated carbocycles. The van der Waals surface area contributed by atoms with Gasteiger partial charge in [-0.25, -0.2) is 0 Å². The number of nitrogens with zero attached hydrogens (tertiary/aromatic N) is 1. The number of benzene rings is 2. The maximum absolute atomic E-state index is 11.8. The van der Waals surface area contributed by atoms with E-state index < -0.39 is 0 Å². The molecule has 0 atom stereocenters. The van der Waals surface area contributed by atoms with E-state index in [0.717, 1.165) is 3.57 Å². The van der Waals surface area contributed by atoms with Gasteiger partial charge in [0.1, 0.15) is 11.5 Å². The fourth-order valence-electron chi connectivity index (χ4n) is 1.66. The van der Waals surface area contributed by atoms with Crippen LogP contribution in [0.4, 0.5) is 5.69 Å². The van der Waals surface area contributed by atoms with Crippen molar-refractivity contribution in [3.8, 4) is 11.5 Å². The molecule has 0 unspecified atom stereocenters. The van der Waals surface area contributed by atoms with Crippen molar-refractivity contribution in [2.45, 2.75) is 0 Å². The zero-order valence-electron chi connectivity index (χ0n) is 11.3. The van der Waals surface area contributed by atoms with E-state index in [1.807, 2.05) is 24.3 Å². The first kappa shape index (κ1) is 14.6. The van der Waals surface area contributed by atoms with Crippen molar-refractivity contribution in [1.29, 1.82) is 0 Å². The summed E-state index contributed by atoms with van der Waals surface area (Å²) in [5, 5.41) is 0. The Hall–Kier alpha value is -1.76. The number of carbonyl (C=O) groups excluding carboxylic acids is 1. The van der Waals surface area contributed by atoms with Crippen molar-refractivity contribution in [2.24, 2.45) is 0 Å². The first-order chi connectivity index (χ1) is 9.47. The summed E-state index contributed by atoms with van der Waals surface area (Å²) in [4.78, 5) is 13.3. The Morgan fingerprint density at radius 2 is 1.80 bits per heavy atom.